The number of aromatic nitrogens is 2. The van der Waals surface area contributed by atoms with Crippen LogP contribution in [0.3, 0.4) is 0 Å². The number of methoxy groups -OCH3 is 1. The summed E-state index contributed by atoms with van der Waals surface area (Å²) < 4.78 is 31.9. The molecule has 0 aromatic carbocycles. The van der Waals surface area contributed by atoms with E-state index in [1.165, 1.54) is 20.3 Å². The van der Waals surface area contributed by atoms with E-state index in [-0.39, 0.29) is 10.9 Å². The van der Waals surface area contributed by atoms with Gasteiger partial charge >= 0.3 is 0 Å². The van der Waals surface area contributed by atoms with E-state index >= 15 is 0 Å². The second-order valence-corrected chi connectivity index (χ2v) is 6.89. The number of nitrogens with zero attached hydrogens (tertiary/aromatic N) is 3. The van der Waals surface area contributed by atoms with E-state index in [2.05, 4.69) is 16.8 Å². The highest BCUT2D eigenvalue weighted by molar-refractivity contribution is 7.89. The number of rotatable bonds is 5. The Morgan fingerprint density at radius 2 is 2.05 bits per heavy atom. The molecule has 0 atom stereocenters. The molecule has 0 spiro atoms. The number of sulfonamides is 1. The van der Waals surface area contributed by atoms with E-state index in [9.17, 15) is 8.42 Å². The average molecular weight is 299 g/mol. The summed E-state index contributed by atoms with van der Waals surface area (Å²) in [6.07, 6.45) is 1.53. The molecule has 112 valence electrons. The summed E-state index contributed by atoms with van der Waals surface area (Å²) in [4.78, 5) is 4.24. The zero-order chi connectivity index (χ0) is 15.3. The van der Waals surface area contributed by atoms with Gasteiger partial charge in [0.15, 0.2) is 5.03 Å². The summed E-state index contributed by atoms with van der Waals surface area (Å²) in [5.41, 5.74) is 0. The molecule has 0 saturated carbocycles. The normalized spacial score (nSPS) is 11.8. The van der Waals surface area contributed by atoms with Crippen molar-refractivity contribution >= 4 is 10.0 Å². The van der Waals surface area contributed by atoms with Crippen LogP contribution in [-0.2, 0) is 21.3 Å². The molecule has 0 unspecified atom stereocenters. The molecule has 0 aliphatic carbocycles. The largest absolute Gasteiger partial charge is 0.372 e. The lowest BCUT2D eigenvalue weighted by Crippen LogP contribution is -2.22. The van der Waals surface area contributed by atoms with Crippen molar-refractivity contribution in [3.8, 4) is 11.8 Å². The Morgan fingerprint density at radius 3 is 2.55 bits per heavy atom. The van der Waals surface area contributed by atoms with Crippen LogP contribution in [0, 0.1) is 11.8 Å². The molecule has 1 aromatic rings. The molecule has 6 nitrogen and oxygen atoms in total. The van der Waals surface area contributed by atoms with Crippen molar-refractivity contribution < 1.29 is 13.2 Å². The first-order chi connectivity index (χ1) is 9.30. The second kappa shape index (κ2) is 6.88. The maximum Gasteiger partial charge on any atom is 0.261 e. The quantitative estimate of drug-likeness (QED) is 0.758. The maximum absolute atomic E-state index is 12.1. The molecular weight excluding hydrogens is 278 g/mol. The lowest BCUT2D eigenvalue weighted by Gasteiger charge is -2.07. The van der Waals surface area contributed by atoms with Crippen molar-refractivity contribution in [3.05, 3.63) is 12.0 Å². The second-order valence-electron chi connectivity index (χ2n) is 4.79. The molecule has 20 heavy (non-hydrogen) atoms. The lowest BCUT2D eigenvalue weighted by molar-refractivity contribution is 0.239. The Kier molecular flexibility index (Phi) is 5.74. The third-order valence-electron chi connectivity index (χ3n) is 2.64. The zero-order valence-electron chi connectivity index (χ0n) is 12.5. The van der Waals surface area contributed by atoms with Gasteiger partial charge in [0.2, 0.25) is 0 Å². The predicted molar refractivity (Wildman–Crippen MR) is 76.8 cm³/mol. The number of hydrogen-bond acceptors (Lipinski definition) is 4. The van der Waals surface area contributed by atoms with E-state index < -0.39 is 10.0 Å². The van der Waals surface area contributed by atoms with Crippen molar-refractivity contribution in [3.63, 3.8) is 0 Å². The first-order valence-corrected chi connectivity index (χ1v) is 7.69. The smallest absolute Gasteiger partial charge is 0.261 e. The zero-order valence-corrected chi connectivity index (χ0v) is 13.4. The van der Waals surface area contributed by atoms with E-state index in [1.54, 1.807) is 11.7 Å². The number of imidazole rings is 1. The lowest BCUT2D eigenvalue weighted by atomic mass is 10.2. The highest BCUT2D eigenvalue weighted by Gasteiger charge is 2.23. The van der Waals surface area contributed by atoms with Crippen molar-refractivity contribution in [2.75, 3.05) is 27.8 Å². The van der Waals surface area contributed by atoms with Gasteiger partial charge in [0.1, 0.15) is 12.4 Å². The summed E-state index contributed by atoms with van der Waals surface area (Å²) in [5.74, 6) is 6.59. The monoisotopic (exact) mass is 299 g/mol. The molecule has 0 saturated heterocycles. The number of hydrogen-bond donors (Lipinski definition) is 0. The molecule has 1 rings (SSSR count). The first-order valence-electron chi connectivity index (χ1n) is 6.25. The van der Waals surface area contributed by atoms with Gasteiger partial charge in [0.25, 0.3) is 10.0 Å². The van der Waals surface area contributed by atoms with E-state index in [0.29, 0.717) is 19.0 Å². The van der Waals surface area contributed by atoms with Gasteiger partial charge in [0.05, 0.1) is 6.54 Å². The topological polar surface area (TPSA) is 64.4 Å². The average Bonchev–Trinajstić information content (AvgIpc) is 2.79. The molecular formula is C13H21N3O3S. The Morgan fingerprint density at radius 1 is 1.40 bits per heavy atom. The molecule has 1 aromatic heterocycles. The standard InChI is InChI=1S/C13H21N3O3S/c1-11(2)13-14-12(20(17,18)15(3)4)10-16(13)8-6-7-9-19-5/h10-11H,8-9H2,1-5H3. The summed E-state index contributed by atoms with van der Waals surface area (Å²) in [6, 6.07) is 0. The highest BCUT2D eigenvalue weighted by Crippen LogP contribution is 2.18. The minimum Gasteiger partial charge on any atom is -0.372 e. The molecule has 0 amide bonds. The predicted octanol–water partition coefficient (Wildman–Crippen LogP) is 0.907. The van der Waals surface area contributed by atoms with Gasteiger partial charge in [-0.25, -0.2) is 17.7 Å². The Balaban J connectivity index is 3.13. The van der Waals surface area contributed by atoms with Crippen LogP contribution in [0.1, 0.15) is 25.6 Å². The van der Waals surface area contributed by atoms with Gasteiger partial charge in [-0.15, -0.1) is 0 Å². The summed E-state index contributed by atoms with van der Waals surface area (Å²) >= 11 is 0. The van der Waals surface area contributed by atoms with Gasteiger partial charge in [0, 0.05) is 33.3 Å². The fourth-order valence-corrected chi connectivity index (χ4v) is 2.41. The van der Waals surface area contributed by atoms with Crippen LogP contribution < -0.4 is 0 Å². The first kappa shape index (κ1) is 16.7. The van der Waals surface area contributed by atoms with Gasteiger partial charge in [-0.05, 0) is 0 Å². The molecule has 1 heterocycles. The van der Waals surface area contributed by atoms with Crippen LogP contribution in [0.2, 0.25) is 0 Å². The molecule has 0 aliphatic heterocycles. The van der Waals surface area contributed by atoms with Crippen LogP contribution in [-0.4, -0.2) is 50.1 Å². The third kappa shape index (κ3) is 3.82. The van der Waals surface area contributed by atoms with Gasteiger partial charge in [-0.2, -0.15) is 0 Å². The van der Waals surface area contributed by atoms with Gasteiger partial charge < -0.3 is 9.30 Å². The third-order valence-corrected chi connectivity index (χ3v) is 4.32. The van der Waals surface area contributed by atoms with Gasteiger partial charge in [-0.1, -0.05) is 25.7 Å². The van der Waals surface area contributed by atoms with Crippen molar-refractivity contribution in [2.45, 2.75) is 31.3 Å². The molecule has 7 heteroatoms. The molecule has 0 fully saturated rings. The molecule has 0 radical (unpaired) electrons. The maximum atomic E-state index is 12.1. The summed E-state index contributed by atoms with van der Waals surface area (Å²) in [6.45, 7) is 4.68. The Labute approximate surface area is 120 Å². The Hall–Kier alpha value is -1.36. The summed E-state index contributed by atoms with van der Waals surface area (Å²) in [7, 11) is 1.03. The molecule has 0 bridgehead atoms. The van der Waals surface area contributed by atoms with Crippen molar-refractivity contribution in [1.29, 1.82) is 0 Å². The van der Waals surface area contributed by atoms with Gasteiger partial charge in [-0.3, -0.25) is 0 Å². The van der Waals surface area contributed by atoms with E-state index in [4.69, 9.17) is 4.74 Å². The van der Waals surface area contributed by atoms with Crippen LogP contribution in [0.4, 0.5) is 0 Å². The molecule has 0 N–H and O–H groups in total. The van der Waals surface area contributed by atoms with Crippen molar-refractivity contribution in [1.82, 2.24) is 13.9 Å². The van der Waals surface area contributed by atoms with Crippen molar-refractivity contribution in [2.24, 2.45) is 0 Å². The van der Waals surface area contributed by atoms with Crippen LogP contribution in [0.15, 0.2) is 11.2 Å². The number of ether oxygens (including phenoxy) is 1. The Bertz CT molecular complexity index is 607. The van der Waals surface area contributed by atoms with E-state index in [1.807, 2.05) is 13.8 Å². The SMILES string of the molecule is COCC#CCn1cc(S(=O)(=O)N(C)C)nc1C(C)C. The molecule has 0 aliphatic rings. The fourth-order valence-electron chi connectivity index (χ4n) is 1.57. The van der Waals surface area contributed by atoms with Crippen LogP contribution in [0.25, 0.3) is 0 Å². The minimum atomic E-state index is -3.52. The summed E-state index contributed by atoms with van der Waals surface area (Å²) in [5, 5.41) is 0.0553. The fraction of sp³-hybridized carbons (Fsp3) is 0.615. The van der Waals surface area contributed by atoms with E-state index in [0.717, 1.165) is 4.31 Å². The van der Waals surface area contributed by atoms with Crippen LogP contribution in [0.5, 0.6) is 0 Å². The van der Waals surface area contributed by atoms with Crippen LogP contribution >= 0.6 is 0 Å². The highest BCUT2D eigenvalue weighted by atomic mass is 32.2. The minimum absolute atomic E-state index is 0.0553.